The van der Waals surface area contributed by atoms with Gasteiger partial charge in [-0.1, -0.05) is 76.3 Å². The van der Waals surface area contributed by atoms with Crippen molar-refractivity contribution in [2.24, 2.45) is 11.8 Å². The summed E-state index contributed by atoms with van der Waals surface area (Å²) in [5.41, 5.74) is 0.164. The quantitative estimate of drug-likeness (QED) is 0.153. The van der Waals surface area contributed by atoms with Crippen LogP contribution in [0.5, 0.6) is 0 Å². The number of hydrogen-bond acceptors (Lipinski definition) is 5. The first kappa shape index (κ1) is 38.1. The van der Waals surface area contributed by atoms with Crippen molar-refractivity contribution in [2.75, 3.05) is 0 Å². The van der Waals surface area contributed by atoms with E-state index in [1.807, 2.05) is 58.0 Å². The highest BCUT2D eigenvalue weighted by Crippen LogP contribution is 2.29. The maximum absolute atomic E-state index is 14.3. The van der Waals surface area contributed by atoms with E-state index in [0.29, 0.717) is 30.4 Å². The Kier molecular flexibility index (Phi) is 14.8. The molecular formula is C37H60N6O4. The van der Waals surface area contributed by atoms with E-state index in [0.717, 1.165) is 24.8 Å². The Hall–Kier alpha value is -3.40. The number of rotatable bonds is 17. The zero-order valence-electron chi connectivity index (χ0n) is 29.7. The molecule has 1 aliphatic rings. The predicted octanol–water partition coefficient (Wildman–Crippen LogP) is 5.52. The van der Waals surface area contributed by atoms with E-state index < -0.39 is 29.6 Å². The first-order valence-corrected chi connectivity index (χ1v) is 17.7. The average Bonchev–Trinajstić information content (AvgIpc) is 3.52. The predicted molar refractivity (Wildman–Crippen MR) is 187 cm³/mol. The summed E-state index contributed by atoms with van der Waals surface area (Å²) in [5.74, 6) is 0.0304. The lowest BCUT2D eigenvalue weighted by atomic mass is 9.82. The number of nitrogens with one attached hydrogen (secondary N) is 4. The van der Waals surface area contributed by atoms with Gasteiger partial charge in [0.2, 0.25) is 11.8 Å². The van der Waals surface area contributed by atoms with Crippen LogP contribution >= 0.6 is 0 Å². The van der Waals surface area contributed by atoms with Crippen molar-refractivity contribution < 1.29 is 19.5 Å². The van der Waals surface area contributed by atoms with Crippen LogP contribution in [-0.4, -0.2) is 73.6 Å². The SMILES string of the molecule is CC(C)CC[C@H](O)[C@H](CC1CCCCC1)NC(=O)[C@](C)(Cc1cnc[nH]1)NC(=O)[C@H](Cc1ccccc1)NC(=O)N(C(C)C)C(C)C. The lowest BCUT2D eigenvalue weighted by Gasteiger charge is -2.36. The molecule has 1 aromatic carbocycles. The molecule has 3 rings (SSSR count). The van der Waals surface area contributed by atoms with Gasteiger partial charge in [-0.15, -0.1) is 0 Å². The fraction of sp³-hybridized carbons (Fsp3) is 0.676. The van der Waals surface area contributed by atoms with E-state index in [-0.39, 0.29) is 36.9 Å². The fourth-order valence-corrected chi connectivity index (χ4v) is 6.78. The summed E-state index contributed by atoms with van der Waals surface area (Å²) < 4.78 is 0. The zero-order valence-corrected chi connectivity index (χ0v) is 29.7. The van der Waals surface area contributed by atoms with Gasteiger partial charge in [-0.05, 0) is 71.3 Å². The number of carbonyl (C=O) groups excluding carboxylic acids is 3. The van der Waals surface area contributed by atoms with E-state index in [2.05, 4.69) is 39.8 Å². The van der Waals surface area contributed by atoms with Crippen molar-refractivity contribution >= 4 is 17.8 Å². The van der Waals surface area contributed by atoms with Crippen LogP contribution < -0.4 is 16.0 Å². The average molecular weight is 653 g/mol. The van der Waals surface area contributed by atoms with Gasteiger partial charge < -0.3 is 30.9 Å². The molecule has 0 radical (unpaired) electrons. The summed E-state index contributed by atoms with van der Waals surface area (Å²) in [6.07, 6.45) is 10.8. The smallest absolute Gasteiger partial charge is 0.318 e. The van der Waals surface area contributed by atoms with Gasteiger partial charge in [0.15, 0.2) is 0 Å². The van der Waals surface area contributed by atoms with Crippen molar-refractivity contribution in [1.29, 1.82) is 0 Å². The zero-order chi connectivity index (χ0) is 34.6. The molecule has 1 saturated carbocycles. The van der Waals surface area contributed by atoms with Crippen LogP contribution in [0.1, 0.15) is 111 Å². The molecule has 1 fully saturated rings. The molecule has 4 atom stereocenters. The highest BCUT2D eigenvalue weighted by atomic mass is 16.3. The van der Waals surface area contributed by atoms with Crippen LogP contribution in [0, 0.1) is 11.8 Å². The van der Waals surface area contributed by atoms with Crippen LogP contribution in [0.2, 0.25) is 0 Å². The molecule has 0 bridgehead atoms. The van der Waals surface area contributed by atoms with Crippen LogP contribution in [0.15, 0.2) is 42.9 Å². The molecule has 0 saturated heterocycles. The Balaban J connectivity index is 1.90. The molecule has 262 valence electrons. The molecule has 10 heteroatoms. The highest BCUT2D eigenvalue weighted by Gasteiger charge is 2.40. The van der Waals surface area contributed by atoms with Crippen molar-refractivity contribution in [3.8, 4) is 0 Å². The molecule has 4 amide bonds. The molecular weight excluding hydrogens is 592 g/mol. The molecule has 1 aliphatic carbocycles. The van der Waals surface area contributed by atoms with Crippen LogP contribution in [0.3, 0.4) is 0 Å². The van der Waals surface area contributed by atoms with Crippen molar-refractivity contribution in [1.82, 2.24) is 30.8 Å². The fourth-order valence-electron chi connectivity index (χ4n) is 6.78. The second kappa shape index (κ2) is 18.2. The van der Waals surface area contributed by atoms with Gasteiger partial charge in [-0.3, -0.25) is 9.59 Å². The molecule has 1 aromatic heterocycles. The van der Waals surface area contributed by atoms with Gasteiger partial charge in [0.1, 0.15) is 11.6 Å². The Labute approximate surface area is 282 Å². The van der Waals surface area contributed by atoms with E-state index in [1.54, 1.807) is 24.3 Å². The summed E-state index contributed by atoms with van der Waals surface area (Å²) in [4.78, 5) is 51.0. The van der Waals surface area contributed by atoms with Gasteiger partial charge in [0.25, 0.3) is 0 Å². The van der Waals surface area contributed by atoms with Crippen molar-refractivity contribution in [3.63, 3.8) is 0 Å². The van der Waals surface area contributed by atoms with E-state index in [9.17, 15) is 19.5 Å². The monoisotopic (exact) mass is 652 g/mol. The van der Waals surface area contributed by atoms with Gasteiger partial charge >= 0.3 is 6.03 Å². The Morgan fingerprint density at radius 1 is 0.979 bits per heavy atom. The molecule has 0 spiro atoms. The standard InChI is InChI=1S/C37H60N6O4/c1-25(2)18-19-33(44)31(20-28-14-10-8-11-15-28)40-35(46)37(7,22-30-23-38-24-39-30)42-34(45)32(21-29-16-12-9-13-17-29)41-36(47)43(26(3)4)27(5)6/h9,12-13,16-17,23-28,31-33,44H,8,10-11,14-15,18-22H2,1-7H3,(H,38,39)(H,40,46)(H,41,47)(H,42,45)/t31-,32-,33-,37-/m0/s1. The second-order valence-corrected chi connectivity index (χ2v) is 14.7. The normalized spacial score (nSPS) is 17.2. The number of aliphatic hydroxyl groups excluding tert-OH is 1. The maximum atomic E-state index is 14.3. The van der Waals surface area contributed by atoms with Crippen molar-refractivity contribution in [2.45, 2.75) is 148 Å². The number of H-pyrrole nitrogens is 1. The minimum absolute atomic E-state index is 0.0740. The largest absolute Gasteiger partial charge is 0.391 e. The molecule has 1 heterocycles. The van der Waals surface area contributed by atoms with Gasteiger partial charge in [0.05, 0.1) is 18.5 Å². The Bertz CT molecular complexity index is 1220. The van der Waals surface area contributed by atoms with Crippen molar-refractivity contribution in [3.05, 3.63) is 54.1 Å². The molecule has 47 heavy (non-hydrogen) atoms. The van der Waals surface area contributed by atoms with E-state index >= 15 is 0 Å². The first-order chi connectivity index (χ1) is 22.3. The number of amides is 4. The number of urea groups is 1. The molecule has 0 unspecified atom stereocenters. The Morgan fingerprint density at radius 3 is 2.21 bits per heavy atom. The minimum Gasteiger partial charge on any atom is -0.391 e. The number of aromatic amines is 1. The van der Waals surface area contributed by atoms with Crippen LogP contribution in [0.4, 0.5) is 4.79 Å². The minimum atomic E-state index is -1.40. The molecule has 2 aromatic rings. The van der Waals surface area contributed by atoms with E-state index in [1.165, 1.54) is 19.3 Å². The summed E-state index contributed by atoms with van der Waals surface area (Å²) in [5, 5.41) is 20.6. The first-order valence-electron chi connectivity index (χ1n) is 17.7. The summed E-state index contributed by atoms with van der Waals surface area (Å²) in [7, 11) is 0. The number of carbonyl (C=O) groups is 3. The third kappa shape index (κ3) is 12.0. The number of nitrogens with zero attached hydrogens (tertiary/aromatic N) is 2. The molecule has 5 N–H and O–H groups in total. The highest BCUT2D eigenvalue weighted by molar-refractivity contribution is 5.94. The van der Waals surface area contributed by atoms with Crippen LogP contribution in [0.25, 0.3) is 0 Å². The van der Waals surface area contributed by atoms with Crippen LogP contribution in [-0.2, 0) is 22.4 Å². The molecule has 0 aliphatic heterocycles. The number of hydrogen-bond donors (Lipinski definition) is 5. The second-order valence-electron chi connectivity index (χ2n) is 14.7. The lowest BCUT2D eigenvalue weighted by molar-refractivity contribution is -0.135. The summed E-state index contributed by atoms with van der Waals surface area (Å²) in [6, 6.07) is 7.67. The molecule has 10 nitrogen and oxygen atoms in total. The van der Waals surface area contributed by atoms with Gasteiger partial charge in [-0.25, -0.2) is 9.78 Å². The number of aliphatic hydroxyl groups is 1. The number of aromatic nitrogens is 2. The van der Waals surface area contributed by atoms with E-state index in [4.69, 9.17) is 0 Å². The topological polar surface area (TPSA) is 139 Å². The van der Waals surface area contributed by atoms with Gasteiger partial charge in [0, 0.05) is 36.8 Å². The third-order valence-corrected chi connectivity index (χ3v) is 9.38. The maximum Gasteiger partial charge on any atom is 0.318 e. The lowest BCUT2D eigenvalue weighted by Crippen LogP contribution is -2.64. The summed E-state index contributed by atoms with van der Waals surface area (Å²) >= 11 is 0. The number of benzene rings is 1. The Morgan fingerprint density at radius 2 is 1.64 bits per heavy atom. The summed E-state index contributed by atoms with van der Waals surface area (Å²) in [6.45, 7) is 13.7. The number of imidazole rings is 1. The van der Waals surface area contributed by atoms with Gasteiger partial charge in [-0.2, -0.15) is 0 Å². The third-order valence-electron chi connectivity index (χ3n) is 9.38.